The van der Waals surface area contributed by atoms with Crippen LogP contribution in [0.3, 0.4) is 0 Å². The first-order chi connectivity index (χ1) is 53.4. The van der Waals surface area contributed by atoms with Gasteiger partial charge in [-0.2, -0.15) is 10.2 Å². The number of aliphatic imine (C=N–C) groups is 1. The first kappa shape index (κ1) is 75.8. The number of allylic oxidation sites excluding steroid dienone is 1. The molecule has 13 heterocycles. The Balaban J connectivity index is 0.000000147. The average Bonchev–Trinajstić information content (AvgIpc) is 1.68. The van der Waals surface area contributed by atoms with Crippen molar-refractivity contribution in [1.82, 2.24) is 69.1 Å². The zero-order valence-corrected chi connectivity index (χ0v) is 65.2. The van der Waals surface area contributed by atoms with Crippen molar-refractivity contribution in [2.24, 2.45) is 4.99 Å². The van der Waals surface area contributed by atoms with Crippen LogP contribution in [-0.2, 0) is 45.5 Å². The Hall–Kier alpha value is -10.9. The van der Waals surface area contributed by atoms with Gasteiger partial charge in [-0.3, -0.25) is 29.6 Å². The minimum atomic E-state index is -1.13. The minimum absolute atomic E-state index is 0. The quantitative estimate of drug-likeness (QED) is 0.0277. The summed E-state index contributed by atoms with van der Waals surface area (Å²) in [6.45, 7) is 25.0. The number of aromatic nitrogens is 10. The van der Waals surface area contributed by atoms with E-state index in [1.165, 1.54) is 0 Å². The Morgan fingerprint density at radius 2 is 0.918 bits per heavy atom. The van der Waals surface area contributed by atoms with Crippen LogP contribution in [0, 0.1) is 0 Å². The van der Waals surface area contributed by atoms with Crippen LogP contribution in [0.1, 0.15) is 54.5 Å². The SMILES string of the molecule is C[Si](C)(C)CCOCn1nccc1-c1ccc(Oc2ccc3nc(C=O)ccc3c2)nc1.C[Si](C)(C)CCOCn1nccc1-c1ccc(Oc2ccc3nc(CN4CCC(N5CCOC5=O)CC4)ccc3c2)nc1.O=C1OCCN1C1CCN(Cc2ccc3cc(Oc4ccc(C5=CC=NC5)cn4)ccc3n2)CC1.[2HH]. The predicted molar refractivity (Wildman–Crippen MR) is 430 cm³/mol. The number of hydrogen-bond acceptors (Lipinski definition) is 21. The van der Waals surface area contributed by atoms with Crippen molar-refractivity contribution in [1.29, 1.82) is 0 Å². The summed E-state index contributed by atoms with van der Waals surface area (Å²) in [5.74, 6) is 3.67. The van der Waals surface area contributed by atoms with E-state index in [1.807, 2.05) is 147 Å². The molecule has 570 valence electrons. The molecule has 4 fully saturated rings. The highest BCUT2D eigenvalue weighted by atomic mass is 28.3. The third kappa shape index (κ3) is 20.3. The molecule has 0 aliphatic carbocycles. The van der Waals surface area contributed by atoms with E-state index in [4.69, 9.17) is 43.1 Å². The van der Waals surface area contributed by atoms with E-state index in [0.717, 1.165) is 187 Å². The van der Waals surface area contributed by atoms with Crippen molar-refractivity contribution < 1.29 is 49.0 Å². The lowest BCUT2D eigenvalue weighted by molar-refractivity contribution is 0.0797. The van der Waals surface area contributed by atoms with E-state index in [2.05, 4.69) is 108 Å². The summed E-state index contributed by atoms with van der Waals surface area (Å²) in [7, 11) is -2.24. The zero-order chi connectivity index (χ0) is 76.0. The molecule has 16 rings (SSSR count). The van der Waals surface area contributed by atoms with Gasteiger partial charge >= 0.3 is 12.2 Å². The fourth-order valence-corrected chi connectivity index (χ4v) is 15.2. The highest BCUT2D eigenvalue weighted by Gasteiger charge is 2.34. The number of pyridine rings is 6. The number of rotatable bonds is 26. The van der Waals surface area contributed by atoms with Crippen LogP contribution in [-0.4, -0.2) is 194 Å². The number of cyclic esters (lactones) is 2. The second-order valence-electron chi connectivity index (χ2n) is 30.4. The summed E-state index contributed by atoms with van der Waals surface area (Å²) in [4.78, 5) is 74.9. The lowest BCUT2D eigenvalue weighted by Crippen LogP contribution is -2.45. The average molecular weight is 1520 g/mol. The number of aldehydes is 1. The third-order valence-electron chi connectivity index (χ3n) is 19.9. The van der Waals surface area contributed by atoms with Gasteiger partial charge in [0.25, 0.3) is 0 Å². The Kier molecular flexibility index (Phi) is 24.3. The molecular formula is C83H95N15O10Si2. The van der Waals surface area contributed by atoms with E-state index >= 15 is 0 Å². The molecule has 0 atom stereocenters. The number of carbonyl (C=O) groups is 3. The summed E-state index contributed by atoms with van der Waals surface area (Å²) < 4.78 is 43.6. The summed E-state index contributed by atoms with van der Waals surface area (Å²) in [5.41, 5.74) is 11.1. The van der Waals surface area contributed by atoms with Gasteiger partial charge in [0, 0.05) is 165 Å². The molecular weight excluding hydrogens is 1420 g/mol. The molecule has 0 bridgehead atoms. The van der Waals surface area contributed by atoms with Gasteiger partial charge in [-0.05, 0) is 158 Å². The van der Waals surface area contributed by atoms with E-state index in [0.29, 0.717) is 80.6 Å². The van der Waals surface area contributed by atoms with Crippen molar-refractivity contribution in [3.05, 3.63) is 199 Å². The Bertz CT molecular complexity index is 5060. The van der Waals surface area contributed by atoms with Crippen LogP contribution in [0.15, 0.2) is 182 Å². The Morgan fingerprint density at radius 3 is 1.30 bits per heavy atom. The standard InChI is InChI=1S/C32H40N6O4Si.C27H27N5O3.C24H26N4O3Si.H2/c1-43(2,3)19-18-40-23-38-30(10-13-34-38)25-5-9-31(33-21-25)42-28-7-8-29-24(20-28)4-6-26(35-29)22-36-14-11-27(12-15-36)37-16-17-41-32(37)39;33-27-32(13-14-34-27)23-8-11-31(12-9-23)18-22-3-1-19-15-24(4-5-25(19)30-22)35-26-6-2-20(17-29-26)21-7-10-28-16-21;1-32(2,3)13-12-30-17-28-23(10-11-26-28)19-5-9-24(25-15-19)31-21-7-8-22-18(14-21)4-6-20(16-29)27-22;/h4-10,13,20-21,27H,11-12,14-19,22-23H2,1-3H3;1-7,10,15,17,23H,8-9,11-14,16,18H2;4-11,14-16H,12-13,17H2,1-3H3;1H/i;;;1+1. The summed E-state index contributed by atoms with van der Waals surface area (Å²) >= 11 is 0. The molecule has 11 aromatic rings. The number of benzene rings is 3. The van der Waals surface area contributed by atoms with Crippen molar-refractivity contribution in [3.8, 4) is 57.4 Å². The van der Waals surface area contributed by atoms with Crippen LogP contribution in [0.5, 0.6) is 34.9 Å². The van der Waals surface area contributed by atoms with Crippen LogP contribution in [0.25, 0.3) is 60.8 Å². The van der Waals surface area contributed by atoms with Gasteiger partial charge in [0.1, 0.15) is 49.6 Å². The molecule has 0 radical (unpaired) electrons. The molecule has 4 saturated heterocycles. The van der Waals surface area contributed by atoms with Gasteiger partial charge in [0.15, 0.2) is 6.29 Å². The maximum atomic E-state index is 11.9. The predicted octanol–water partition coefficient (Wildman–Crippen LogP) is 16.0. The van der Waals surface area contributed by atoms with Gasteiger partial charge in [-0.25, -0.2) is 38.9 Å². The first-order valence-electron chi connectivity index (χ1n) is 37.7. The van der Waals surface area contributed by atoms with E-state index in [-0.39, 0.29) is 19.7 Å². The second kappa shape index (κ2) is 35.2. The number of amides is 2. The monoisotopic (exact) mass is 1520 g/mol. The van der Waals surface area contributed by atoms with E-state index < -0.39 is 16.1 Å². The number of nitrogens with zero attached hydrogens (tertiary/aromatic N) is 15. The molecule has 5 aliphatic rings. The first-order valence-corrected chi connectivity index (χ1v) is 45.1. The van der Waals surface area contributed by atoms with Crippen molar-refractivity contribution >= 4 is 79.1 Å². The minimum Gasteiger partial charge on any atom is -0.448 e. The number of hydrogen-bond donors (Lipinski definition) is 0. The van der Waals surface area contributed by atoms with Crippen molar-refractivity contribution in [2.75, 3.05) is 72.2 Å². The maximum absolute atomic E-state index is 11.9. The van der Waals surface area contributed by atoms with Gasteiger partial charge in [0.2, 0.25) is 17.6 Å². The van der Waals surface area contributed by atoms with Gasteiger partial charge in [-0.15, -0.1) is 0 Å². The van der Waals surface area contributed by atoms with Crippen molar-refractivity contribution in [2.45, 2.75) is 116 Å². The Morgan fingerprint density at radius 1 is 0.491 bits per heavy atom. The Labute approximate surface area is 643 Å². The normalized spacial score (nSPS) is 15.9. The lowest BCUT2D eigenvalue weighted by Gasteiger charge is -2.35. The molecule has 0 unspecified atom stereocenters. The summed E-state index contributed by atoms with van der Waals surface area (Å²) in [6.07, 6.45) is 17.1. The molecule has 8 aromatic heterocycles. The zero-order valence-electron chi connectivity index (χ0n) is 63.2. The third-order valence-corrected chi connectivity index (χ3v) is 23.3. The van der Waals surface area contributed by atoms with Crippen LogP contribution < -0.4 is 14.2 Å². The maximum Gasteiger partial charge on any atom is 0.410 e. The summed E-state index contributed by atoms with van der Waals surface area (Å²) in [5, 5.41) is 11.7. The number of carbonyl (C=O) groups excluding carboxylic acids is 3. The molecule has 5 aliphatic heterocycles. The summed E-state index contributed by atoms with van der Waals surface area (Å²) in [6, 6.07) is 47.6. The molecule has 3 aromatic carbocycles. The number of ether oxygens (including phenoxy) is 7. The van der Waals surface area contributed by atoms with Crippen molar-refractivity contribution in [3.63, 3.8) is 0 Å². The largest absolute Gasteiger partial charge is 0.448 e. The number of piperidine rings is 2. The van der Waals surface area contributed by atoms with Crippen LogP contribution in [0.4, 0.5) is 9.59 Å². The lowest BCUT2D eigenvalue weighted by atomic mass is 10.0. The topological polar surface area (TPSA) is 254 Å². The van der Waals surface area contributed by atoms with Gasteiger partial charge < -0.3 is 43.0 Å². The molecule has 27 heteroatoms. The highest BCUT2D eigenvalue weighted by Crippen LogP contribution is 2.32. The molecule has 0 N–H and O–H groups in total. The van der Waals surface area contributed by atoms with Crippen LogP contribution >= 0.6 is 0 Å². The fraction of sp³-hybridized carbons (Fsp3) is 0.349. The van der Waals surface area contributed by atoms with E-state index in [1.54, 1.807) is 30.9 Å². The van der Waals surface area contributed by atoms with Gasteiger partial charge in [-0.1, -0.05) is 57.5 Å². The second-order valence-corrected chi connectivity index (χ2v) is 41.7. The molecule has 2 amide bonds. The fourth-order valence-electron chi connectivity index (χ4n) is 13.7. The smallest absolute Gasteiger partial charge is 0.410 e. The molecule has 0 spiro atoms. The molecule has 110 heavy (non-hydrogen) atoms. The molecule has 0 saturated carbocycles. The van der Waals surface area contributed by atoms with E-state index in [9.17, 15) is 14.4 Å². The highest BCUT2D eigenvalue weighted by molar-refractivity contribution is 6.76. The van der Waals surface area contributed by atoms with Gasteiger partial charge in [0.05, 0.1) is 59.0 Å². The number of fused-ring (bicyclic) bond motifs is 3. The number of likely N-dealkylation sites (tertiary alicyclic amines) is 2. The van der Waals surface area contributed by atoms with Crippen LogP contribution in [0.2, 0.25) is 51.4 Å². The molecule has 25 nitrogen and oxygen atoms in total.